The zero-order valence-corrected chi connectivity index (χ0v) is 6.54. The van der Waals surface area contributed by atoms with E-state index < -0.39 is 0 Å². The lowest BCUT2D eigenvalue weighted by molar-refractivity contribution is 0.480. The summed E-state index contributed by atoms with van der Waals surface area (Å²) in [6.07, 6.45) is 2.21. The molecule has 0 aliphatic rings. The van der Waals surface area contributed by atoms with E-state index in [4.69, 9.17) is 5.73 Å². The quantitative estimate of drug-likeness (QED) is 0.560. The second-order valence-corrected chi connectivity index (χ2v) is 2.88. The third-order valence-corrected chi connectivity index (χ3v) is 1.90. The maximum Gasteiger partial charge on any atom is 0.0214 e. The van der Waals surface area contributed by atoms with E-state index in [9.17, 15) is 0 Å². The summed E-state index contributed by atoms with van der Waals surface area (Å²) in [7, 11) is 0. The van der Waals surface area contributed by atoms with Gasteiger partial charge < -0.3 is 5.73 Å². The van der Waals surface area contributed by atoms with Gasteiger partial charge in [-0.3, -0.25) is 0 Å². The van der Waals surface area contributed by atoms with Crippen molar-refractivity contribution in [3.63, 3.8) is 0 Å². The van der Waals surface area contributed by atoms with Crippen LogP contribution in [0.2, 0.25) is 0 Å². The minimum absolute atomic E-state index is 0.0438. The Labute approximate surface area is 57.1 Å². The van der Waals surface area contributed by atoms with Gasteiger partial charge in [0, 0.05) is 11.3 Å². The van der Waals surface area contributed by atoms with Crippen LogP contribution in [-0.2, 0) is 0 Å². The molecule has 1 atom stereocenters. The topological polar surface area (TPSA) is 26.0 Å². The maximum absolute atomic E-state index is 5.75. The molecule has 1 nitrogen and oxygen atoms in total. The number of thiol groups is 1. The first-order chi connectivity index (χ1) is 3.62. The van der Waals surface area contributed by atoms with Crippen molar-refractivity contribution in [3.8, 4) is 0 Å². The van der Waals surface area contributed by atoms with Gasteiger partial charge in [0.15, 0.2) is 0 Å². The summed E-state index contributed by atoms with van der Waals surface area (Å²) in [6, 6.07) is 0. The van der Waals surface area contributed by atoms with Gasteiger partial charge in [-0.05, 0) is 13.3 Å². The molecule has 0 bridgehead atoms. The van der Waals surface area contributed by atoms with Crippen LogP contribution in [0, 0.1) is 0 Å². The molecule has 0 fully saturated rings. The van der Waals surface area contributed by atoms with Crippen molar-refractivity contribution in [3.05, 3.63) is 0 Å². The van der Waals surface area contributed by atoms with Gasteiger partial charge in [0.1, 0.15) is 0 Å². The van der Waals surface area contributed by atoms with Gasteiger partial charge in [0.05, 0.1) is 0 Å². The highest BCUT2D eigenvalue weighted by Crippen LogP contribution is 2.08. The SMILES string of the molecule is CCCC(C)(N)CS. The van der Waals surface area contributed by atoms with Gasteiger partial charge in [0.2, 0.25) is 0 Å². The molecule has 0 heterocycles. The van der Waals surface area contributed by atoms with Crippen molar-refractivity contribution in [1.29, 1.82) is 0 Å². The van der Waals surface area contributed by atoms with Crippen molar-refractivity contribution in [1.82, 2.24) is 0 Å². The van der Waals surface area contributed by atoms with Gasteiger partial charge in [-0.1, -0.05) is 13.3 Å². The van der Waals surface area contributed by atoms with E-state index in [1.807, 2.05) is 6.92 Å². The molecule has 0 aliphatic carbocycles. The lowest BCUT2D eigenvalue weighted by atomic mass is 10.0. The molecule has 0 aromatic rings. The summed E-state index contributed by atoms with van der Waals surface area (Å²) in [5.74, 6) is 0.779. The lowest BCUT2D eigenvalue weighted by Crippen LogP contribution is -2.37. The molecule has 2 N–H and O–H groups in total. The van der Waals surface area contributed by atoms with Crippen LogP contribution in [0.25, 0.3) is 0 Å². The lowest BCUT2D eigenvalue weighted by Gasteiger charge is -2.20. The van der Waals surface area contributed by atoms with Crippen LogP contribution in [0.4, 0.5) is 0 Å². The summed E-state index contributed by atoms with van der Waals surface area (Å²) < 4.78 is 0. The molecule has 0 aromatic heterocycles. The fourth-order valence-electron chi connectivity index (χ4n) is 0.650. The van der Waals surface area contributed by atoms with Gasteiger partial charge in [-0.2, -0.15) is 12.6 Å². The standard InChI is InChI=1S/C6H15NS/c1-3-4-6(2,7)5-8/h8H,3-5,7H2,1-2H3. The van der Waals surface area contributed by atoms with Crippen LogP contribution in [0.5, 0.6) is 0 Å². The van der Waals surface area contributed by atoms with Crippen LogP contribution in [0.3, 0.4) is 0 Å². The molecule has 0 spiro atoms. The summed E-state index contributed by atoms with van der Waals surface area (Å²) in [4.78, 5) is 0. The zero-order chi connectivity index (χ0) is 6.62. The third kappa shape index (κ3) is 3.33. The zero-order valence-electron chi connectivity index (χ0n) is 5.65. The fraction of sp³-hybridized carbons (Fsp3) is 1.00. The van der Waals surface area contributed by atoms with E-state index in [1.54, 1.807) is 0 Å². The number of hydrogen-bond donors (Lipinski definition) is 2. The maximum atomic E-state index is 5.75. The van der Waals surface area contributed by atoms with Crippen molar-refractivity contribution in [2.75, 3.05) is 5.75 Å². The Morgan fingerprint density at radius 2 is 2.12 bits per heavy atom. The molecule has 0 aromatic carbocycles. The average Bonchev–Trinajstić information content (AvgIpc) is 1.67. The van der Waals surface area contributed by atoms with E-state index in [0.29, 0.717) is 0 Å². The first-order valence-corrected chi connectivity index (χ1v) is 3.65. The molecule has 0 amide bonds. The Hall–Kier alpha value is 0.310. The smallest absolute Gasteiger partial charge is 0.0214 e. The molecule has 1 unspecified atom stereocenters. The van der Waals surface area contributed by atoms with Gasteiger partial charge >= 0.3 is 0 Å². The van der Waals surface area contributed by atoms with Crippen molar-refractivity contribution >= 4 is 12.6 Å². The largest absolute Gasteiger partial charge is 0.325 e. The summed E-state index contributed by atoms with van der Waals surface area (Å²) in [6.45, 7) is 4.16. The monoisotopic (exact) mass is 133 g/mol. The summed E-state index contributed by atoms with van der Waals surface area (Å²) in [5.41, 5.74) is 5.71. The second-order valence-electron chi connectivity index (χ2n) is 2.56. The Morgan fingerprint density at radius 1 is 1.62 bits per heavy atom. The molecule has 0 radical (unpaired) electrons. The van der Waals surface area contributed by atoms with Crippen LogP contribution < -0.4 is 5.73 Å². The second kappa shape index (κ2) is 3.36. The minimum Gasteiger partial charge on any atom is -0.325 e. The Kier molecular flexibility index (Phi) is 3.49. The minimum atomic E-state index is -0.0438. The first-order valence-electron chi connectivity index (χ1n) is 3.02. The molecule has 8 heavy (non-hydrogen) atoms. The van der Waals surface area contributed by atoms with Crippen LogP contribution in [-0.4, -0.2) is 11.3 Å². The number of nitrogens with two attached hydrogens (primary N) is 1. The molecule has 0 rings (SSSR count). The fourth-order valence-corrected chi connectivity index (χ4v) is 0.808. The predicted octanol–water partition coefficient (Wildman–Crippen LogP) is 1.43. The molecular weight excluding hydrogens is 118 g/mol. The summed E-state index contributed by atoms with van der Waals surface area (Å²) >= 11 is 4.11. The van der Waals surface area contributed by atoms with E-state index >= 15 is 0 Å². The molecule has 0 saturated carbocycles. The number of hydrogen-bond acceptors (Lipinski definition) is 2. The Balaban J connectivity index is 3.37. The predicted molar refractivity (Wildman–Crippen MR) is 41.4 cm³/mol. The van der Waals surface area contributed by atoms with E-state index in [0.717, 1.165) is 18.6 Å². The van der Waals surface area contributed by atoms with Crippen LogP contribution in [0.15, 0.2) is 0 Å². The molecule has 2 heteroatoms. The number of rotatable bonds is 3. The highest BCUT2D eigenvalue weighted by molar-refractivity contribution is 7.80. The average molecular weight is 133 g/mol. The molecule has 0 aliphatic heterocycles. The van der Waals surface area contributed by atoms with E-state index in [-0.39, 0.29) is 5.54 Å². The van der Waals surface area contributed by atoms with E-state index in [1.165, 1.54) is 0 Å². The van der Waals surface area contributed by atoms with E-state index in [2.05, 4.69) is 19.6 Å². The normalized spacial score (nSPS) is 18.0. The van der Waals surface area contributed by atoms with Crippen LogP contribution >= 0.6 is 12.6 Å². The van der Waals surface area contributed by atoms with Gasteiger partial charge in [0.25, 0.3) is 0 Å². The van der Waals surface area contributed by atoms with Gasteiger partial charge in [-0.25, -0.2) is 0 Å². The molecular formula is C6H15NS. The Morgan fingerprint density at radius 3 is 2.25 bits per heavy atom. The van der Waals surface area contributed by atoms with Gasteiger partial charge in [-0.15, -0.1) is 0 Å². The molecule has 0 saturated heterocycles. The summed E-state index contributed by atoms with van der Waals surface area (Å²) in [5, 5.41) is 0. The van der Waals surface area contributed by atoms with Crippen molar-refractivity contribution in [2.45, 2.75) is 32.2 Å². The highest BCUT2D eigenvalue weighted by atomic mass is 32.1. The first kappa shape index (κ1) is 8.31. The third-order valence-electron chi connectivity index (χ3n) is 1.18. The Bertz CT molecular complexity index is 61.5. The highest BCUT2D eigenvalue weighted by Gasteiger charge is 2.13. The van der Waals surface area contributed by atoms with Crippen LogP contribution in [0.1, 0.15) is 26.7 Å². The van der Waals surface area contributed by atoms with Crippen molar-refractivity contribution in [2.24, 2.45) is 5.73 Å². The van der Waals surface area contributed by atoms with Crippen molar-refractivity contribution < 1.29 is 0 Å². The molecule has 50 valence electrons.